The zero-order valence-corrected chi connectivity index (χ0v) is 11.9. The van der Waals surface area contributed by atoms with Crippen LogP contribution in [0.2, 0.25) is 5.02 Å². The SMILES string of the molecule is CN(CC1CCCNC1)c1ccc(C(N)=O)c(Cl)c1. The lowest BCUT2D eigenvalue weighted by Crippen LogP contribution is -2.36. The molecule has 0 bridgehead atoms. The molecule has 3 N–H and O–H groups in total. The van der Waals surface area contributed by atoms with E-state index in [9.17, 15) is 4.79 Å². The van der Waals surface area contributed by atoms with E-state index in [1.807, 2.05) is 13.1 Å². The van der Waals surface area contributed by atoms with Crippen molar-refractivity contribution in [3.05, 3.63) is 28.8 Å². The van der Waals surface area contributed by atoms with Gasteiger partial charge >= 0.3 is 0 Å². The first-order chi connectivity index (χ1) is 9.08. The van der Waals surface area contributed by atoms with Gasteiger partial charge in [0.05, 0.1) is 10.6 Å². The molecule has 0 radical (unpaired) electrons. The van der Waals surface area contributed by atoms with E-state index in [0.717, 1.165) is 25.3 Å². The highest BCUT2D eigenvalue weighted by Gasteiger charge is 2.16. The highest BCUT2D eigenvalue weighted by atomic mass is 35.5. The van der Waals surface area contributed by atoms with Gasteiger partial charge in [-0.3, -0.25) is 4.79 Å². The second kappa shape index (κ2) is 6.26. The molecule has 1 aliphatic heterocycles. The summed E-state index contributed by atoms with van der Waals surface area (Å²) in [6.45, 7) is 3.18. The van der Waals surface area contributed by atoms with Gasteiger partial charge in [0.15, 0.2) is 0 Å². The van der Waals surface area contributed by atoms with Gasteiger partial charge in [-0.05, 0) is 50.0 Å². The van der Waals surface area contributed by atoms with Crippen molar-refractivity contribution in [2.45, 2.75) is 12.8 Å². The Bertz CT molecular complexity index is 458. The Balaban J connectivity index is 2.04. The fourth-order valence-electron chi connectivity index (χ4n) is 2.51. The second-order valence-electron chi connectivity index (χ2n) is 5.12. The van der Waals surface area contributed by atoms with Crippen molar-refractivity contribution < 1.29 is 4.79 Å². The lowest BCUT2D eigenvalue weighted by atomic mass is 9.99. The average Bonchev–Trinajstić information content (AvgIpc) is 2.39. The first-order valence-corrected chi connectivity index (χ1v) is 6.97. The summed E-state index contributed by atoms with van der Waals surface area (Å²) in [5.74, 6) is 0.170. The highest BCUT2D eigenvalue weighted by Crippen LogP contribution is 2.24. The van der Waals surface area contributed by atoms with Crippen LogP contribution in [0.25, 0.3) is 0 Å². The fraction of sp³-hybridized carbons (Fsp3) is 0.500. The highest BCUT2D eigenvalue weighted by molar-refractivity contribution is 6.34. The van der Waals surface area contributed by atoms with Crippen molar-refractivity contribution in [3.8, 4) is 0 Å². The third-order valence-electron chi connectivity index (χ3n) is 3.59. The van der Waals surface area contributed by atoms with Gasteiger partial charge in [0.2, 0.25) is 5.91 Å². The van der Waals surface area contributed by atoms with Crippen LogP contribution in [0, 0.1) is 5.92 Å². The summed E-state index contributed by atoms with van der Waals surface area (Å²) in [7, 11) is 2.05. The zero-order chi connectivity index (χ0) is 13.8. The summed E-state index contributed by atoms with van der Waals surface area (Å²) in [5.41, 5.74) is 6.63. The van der Waals surface area contributed by atoms with E-state index in [0.29, 0.717) is 16.5 Å². The van der Waals surface area contributed by atoms with Crippen LogP contribution < -0.4 is 16.0 Å². The molecule has 1 unspecified atom stereocenters. The zero-order valence-electron chi connectivity index (χ0n) is 11.2. The van der Waals surface area contributed by atoms with Crippen molar-refractivity contribution in [1.29, 1.82) is 0 Å². The van der Waals surface area contributed by atoms with E-state index >= 15 is 0 Å². The van der Waals surface area contributed by atoms with Gasteiger partial charge in [0.25, 0.3) is 0 Å². The molecule has 1 aromatic carbocycles. The van der Waals surface area contributed by atoms with Crippen molar-refractivity contribution in [2.75, 3.05) is 31.6 Å². The van der Waals surface area contributed by atoms with Crippen LogP contribution in [0.5, 0.6) is 0 Å². The third kappa shape index (κ3) is 3.61. The van der Waals surface area contributed by atoms with Crippen LogP contribution in [0.3, 0.4) is 0 Å². The lowest BCUT2D eigenvalue weighted by Gasteiger charge is -2.29. The van der Waals surface area contributed by atoms with Gasteiger partial charge in [-0.25, -0.2) is 0 Å². The Kier molecular flexibility index (Phi) is 4.66. The van der Waals surface area contributed by atoms with Crippen molar-refractivity contribution >= 4 is 23.2 Å². The molecule has 104 valence electrons. The molecular weight excluding hydrogens is 262 g/mol. The molecule has 0 aromatic heterocycles. The second-order valence-corrected chi connectivity index (χ2v) is 5.53. The van der Waals surface area contributed by atoms with E-state index < -0.39 is 5.91 Å². The molecule has 4 nitrogen and oxygen atoms in total. The maximum atomic E-state index is 11.1. The number of rotatable bonds is 4. The number of primary amides is 1. The number of piperidine rings is 1. The molecule has 0 saturated carbocycles. The van der Waals surface area contributed by atoms with E-state index in [-0.39, 0.29) is 0 Å². The van der Waals surface area contributed by atoms with Crippen LogP contribution in [0.15, 0.2) is 18.2 Å². The van der Waals surface area contributed by atoms with E-state index in [1.165, 1.54) is 12.8 Å². The van der Waals surface area contributed by atoms with Gasteiger partial charge in [-0.1, -0.05) is 11.6 Å². The van der Waals surface area contributed by atoms with E-state index in [4.69, 9.17) is 17.3 Å². The summed E-state index contributed by atoms with van der Waals surface area (Å²) < 4.78 is 0. The fourth-order valence-corrected chi connectivity index (χ4v) is 2.78. The Morgan fingerprint density at radius 1 is 1.58 bits per heavy atom. The largest absolute Gasteiger partial charge is 0.374 e. The number of halogens is 1. The molecule has 5 heteroatoms. The number of anilines is 1. The number of nitrogens with one attached hydrogen (secondary N) is 1. The van der Waals surface area contributed by atoms with Crippen LogP contribution in [0.1, 0.15) is 23.2 Å². The van der Waals surface area contributed by atoms with Gasteiger partial charge in [0.1, 0.15) is 0 Å². The number of amides is 1. The molecule has 1 atom stereocenters. The number of nitrogens with two attached hydrogens (primary N) is 1. The van der Waals surface area contributed by atoms with E-state index in [2.05, 4.69) is 10.2 Å². The molecular formula is C14H20ClN3O. The standard InChI is InChI=1S/C14H20ClN3O/c1-18(9-10-3-2-6-17-8-10)11-4-5-12(14(16)19)13(15)7-11/h4-5,7,10,17H,2-3,6,8-9H2,1H3,(H2,16,19). The minimum absolute atomic E-state index is 0.373. The Hall–Kier alpha value is -1.26. The maximum Gasteiger partial charge on any atom is 0.250 e. The number of hydrogen-bond acceptors (Lipinski definition) is 3. The van der Waals surface area contributed by atoms with Gasteiger partial charge in [0, 0.05) is 19.3 Å². The predicted molar refractivity (Wildman–Crippen MR) is 78.8 cm³/mol. The Labute approximate surface area is 118 Å². The summed E-state index contributed by atoms with van der Waals surface area (Å²) in [6.07, 6.45) is 2.49. The Morgan fingerprint density at radius 2 is 2.37 bits per heavy atom. The quantitative estimate of drug-likeness (QED) is 0.886. The number of benzene rings is 1. The molecule has 0 aliphatic carbocycles. The third-order valence-corrected chi connectivity index (χ3v) is 3.90. The lowest BCUT2D eigenvalue weighted by molar-refractivity contribution is 0.100. The number of carbonyl (C=O) groups excluding carboxylic acids is 1. The molecule has 2 rings (SSSR count). The molecule has 1 saturated heterocycles. The van der Waals surface area contributed by atoms with Crippen LogP contribution in [-0.4, -0.2) is 32.6 Å². The van der Waals surface area contributed by atoms with Gasteiger partial charge < -0.3 is 16.0 Å². The van der Waals surface area contributed by atoms with Gasteiger partial charge in [-0.15, -0.1) is 0 Å². The summed E-state index contributed by atoms with van der Waals surface area (Å²) in [6, 6.07) is 5.38. The summed E-state index contributed by atoms with van der Waals surface area (Å²) >= 11 is 6.07. The van der Waals surface area contributed by atoms with Crippen LogP contribution in [-0.2, 0) is 0 Å². The average molecular weight is 282 g/mol. The molecule has 1 amide bonds. The molecule has 0 spiro atoms. The molecule has 1 fully saturated rings. The normalized spacial score (nSPS) is 19.2. The summed E-state index contributed by atoms with van der Waals surface area (Å²) in [5, 5.41) is 3.83. The number of nitrogens with zero attached hydrogens (tertiary/aromatic N) is 1. The number of hydrogen-bond donors (Lipinski definition) is 2. The molecule has 19 heavy (non-hydrogen) atoms. The van der Waals surface area contributed by atoms with Crippen molar-refractivity contribution in [1.82, 2.24) is 5.32 Å². The van der Waals surface area contributed by atoms with Gasteiger partial charge in [-0.2, -0.15) is 0 Å². The maximum absolute atomic E-state index is 11.1. The molecule has 1 heterocycles. The predicted octanol–water partition coefficient (Wildman–Crippen LogP) is 1.87. The minimum atomic E-state index is -0.490. The topological polar surface area (TPSA) is 58.4 Å². The number of carbonyl (C=O) groups is 1. The summed E-state index contributed by atoms with van der Waals surface area (Å²) in [4.78, 5) is 13.3. The molecule has 1 aliphatic rings. The van der Waals surface area contributed by atoms with Crippen LogP contribution in [0.4, 0.5) is 5.69 Å². The van der Waals surface area contributed by atoms with Crippen molar-refractivity contribution in [3.63, 3.8) is 0 Å². The van der Waals surface area contributed by atoms with E-state index in [1.54, 1.807) is 12.1 Å². The first-order valence-electron chi connectivity index (χ1n) is 6.59. The first kappa shape index (κ1) is 14.2. The Morgan fingerprint density at radius 3 is 2.95 bits per heavy atom. The smallest absolute Gasteiger partial charge is 0.250 e. The van der Waals surface area contributed by atoms with Crippen molar-refractivity contribution in [2.24, 2.45) is 11.7 Å². The minimum Gasteiger partial charge on any atom is -0.374 e. The molecule has 1 aromatic rings. The van der Waals surface area contributed by atoms with Crippen LogP contribution >= 0.6 is 11.6 Å². The monoisotopic (exact) mass is 281 g/mol.